The number of aliphatic hydroxyl groups is 2. The van der Waals surface area contributed by atoms with Gasteiger partial charge in [-0.3, -0.25) is 4.79 Å². The van der Waals surface area contributed by atoms with E-state index in [-0.39, 0.29) is 19.0 Å². The van der Waals surface area contributed by atoms with Crippen molar-refractivity contribution in [2.45, 2.75) is 116 Å². The van der Waals surface area contributed by atoms with Gasteiger partial charge in [0.2, 0.25) is 0 Å². The topological polar surface area (TPSA) is 66.8 Å². The summed E-state index contributed by atoms with van der Waals surface area (Å²) in [6, 6.07) is 0. The zero-order chi connectivity index (χ0) is 20.2. The number of rotatable bonds is 20. The monoisotopic (exact) mass is 384 g/mol. The summed E-state index contributed by atoms with van der Waals surface area (Å²) in [7, 11) is 0. The Kier molecular flexibility index (Phi) is 19.5. The van der Waals surface area contributed by atoms with Gasteiger partial charge in [-0.25, -0.2) is 0 Å². The fraction of sp³-hybridized carbons (Fsp3) is 0.870. The average Bonchev–Trinajstić information content (AvgIpc) is 2.66. The second-order valence-electron chi connectivity index (χ2n) is 7.64. The molecule has 0 heterocycles. The van der Waals surface area contributed by atoms with Gasteiger partial charge in [-0.15, -0.1) is 0 Å². The second-order valence-corrected chi connectivity index (χ2v) is 7.64. The van der Waals surface area contributed by atoms with Gasteiger partial charge < -0.3 is 14.9 Å². The van der Waals surface area contributed by atoms with Gasteiger partial charge in [-0.05, 0) is 39.0 Å². The Morgan fingerprint density at radius 3 is 1.93 bits per heavy atom. The van der Waals surface area contributed by atoms with Crippen LogP contribution in [0.15, 0.2) is 12.2 Å². The molecule has 0 aromatic carbocycles. The Morgan fingerprint density at radius 1 is 0.889 bits per heavy atom. The Hall–Kier alpha value is -0.710. The number of hydrogen-bond donors (Lipinski definition) is 2. The number of ketones is 1. The van der Waals surface area contributed by atoms with E-state index in [0.717, 1.165) is 12.8 Å². The van der Waals surface area contributed by atoms with Crippen LogP contribution in [0.25, 0.3) is 0 Å². The summed E-state index contributed by atoms with van der Waals surface area (Å²) in [5.41, 5.74) is 0. The highest BCUT2D eigenvalue weighted by Crippen LogP contribution is 2.12. The van der Waals surface area contributed by atoms with Crippen molar-refractivity contribution in [3.8, 4) is 0 Å². The van der Waals surface area contributed by atoms with Crippen LogP contribution in [0.1, 0.15) is 104 Å². The summed E-state index contributed by atoms with van der Waals surface area (Å²) in [6.45, 7) is 3.46. The fourth-order valence-corrected chi connectivity index (χ4v) is 3.08. The molecule has 2 N–H and O–H groups in total. The number of carbonyl (C=O) groups is 1. The quantitative estimate of drug-likeness (QED) is 0.219. The van der Waals surface area contributed by atoms with Gasteiger partial charge in [-0.1, -0.05) is 76.9 Å². The summed E-state index contributed by atoms with van der Waals surface area (Å²) in [5.74, 6) is -0.00404. The molecule has 160 valence electrons. The van der Waals surface area contributed by atoms with Crippen LogP contribution in [0.3, 0.4) is 0 Å². The summed E-state index contributed by atoms with van der Waals surface area (Å²) in [6.07, 6.45) is 20.3. The first-order valence-corrected chi connectivity index (χ1v) is 11.2. The molecule has 4 nitrogen and oxygen atoms in total. The third kappa shape index (κ3) is 18.4. The van der Waals surface area contributed by atoms with Gasteiger partial charge in [-0.2, -0.15) is 0 Å². The first-order chi connectivity index (χ1) is 13.1. The van der Waals surface area contributed by atoms with Crippen LogP contribution in [0, 0.1) is 0 Å². The van der Waals surface area contributed by atoms with Crippen molar-refractivity contribution >= 4 is 5.78 Å². The lowest BCUT2D eigenvalue weighted by atomic mass is 10.0. The van der Waals surface area contributed by atoms with E-state index in [0.29, 0.717) is 6.42 Å². The molecular weight excluding hydrogens is 340 g/mol. The van der Waals surface area contributed by atoms with Gasteiger partial charge in [0.15, 0.2) is 5.78 Å². The molecule has 2 unspecified atom stereocenters. The first-order valence-electron chi connectivity index (χ1n) is 11.2. The maximum absolute atomic E-state index is 11.5. The lowest BCUT2D eigenvalue weighted by Crippen LogP contribution is -2.28. The van der Waals surface area contributed by atoms with Crippen molar-refractivity contribution in [3.63, 3.8) is 0 Å². The van der Waals surface area contributed by atoms with Crippen molar-refractivity contribution in [2.24, 2.45) is 0 Å². The number of Topliss-reactive ketones (excluding diaryl/α,β-unsaturated/α-hetero) is 1. The predicted molar refractivity (Wildman–Crippen MR) is 113 cm³/mol. The number of hydrogen-bond acceptors (Lipinski definition) is 4. The van der Waals surface area contributed by atoms with E-state index in [9.17, 15) is 9.90 Å². The van der Waals surface area contributed by atoms with E-state index in [2.05, 4.69) is 19.1 Å². The number of ether oxygens (including phenoxy) is 1. The molecule has 0 aromatic rings. The standard InChI is InChI=1S/C23H44O4/c1-3-4-5-6-7-8-9-10-11-12-13-14-15-16-17-18-23(21(2)25)27-20-22(26)19-24/h10-11,22-24,26H,3-9,12-20H2,1-2H3/b11-10-. The molecule has 0 saturated carbocycles. The van der Waals surface area contributed by atoms with Crippen LogP contribution < -0.4 is 0 Å². The van der Waals surface area contributed by atoms with Gasteiger partial charge in [0.1, 0.15) is 12.2 Å². The number of carbonyl (C=O) groups excluding carboxylic acids is 1. The minimum absolute atomic E-state index is 0.00404. The number of allylic oxidation sites excluding steroid dienone is 2. The van der Waals surface area contributed by atoms with Crippen molar-refractivity contribution in [1.29, 1.82) is 0 Å². The third-order valence-corrected chi connectivity index (χ3v) is 4.88. The molecule has 0 rings (SSSR count). The summed E-state index contributed by atoms with van der Waals surface area (Å²) >= 11 is 0. The van der Waals surface area contributed by atoms with E-state index in [4.69, 9.17) is 9.84 Å². The Labute approximate surface area is 167 Å². The van der Waals surface area contributed by atoms with Crippen LogP contribution in [0.2, 0.25) is 0 Å². The van der Waals surface area contributed by atoms with E-state index in [1.54, 1.807) is 0 Å². The maximum atomic E-state index is 11.5. The minimum atomic E-state index is -0.902. The van der Waals surface area contributed by atoms with Crippen LogP contribution in [0.5, 0.6) is 0 Å². The molecule has 0 fully saturated rings. The molecular formula is C23H44O4. The van der Waals surface area contributed by atoms with Gasteiger partial charge >= 0.3 is 0 Å². The molecule has 0 aliphatic carbocycles. The molecule has 0 aromatic heterocycles. The lowest BCUT2D eigenvalue weighted by molar-refractivity contribution is -0.131. The van der Waals surface area contributed by atoms with Crippen LogP contribution in [-0.2, 0) is 9.53 Å². The van der Waals surface area contributed by atoms with E-state index in [1.807, 2.05) is 0 Å². The van der Waals surface area contributed by atoms with Crippen LogP contribution in [-0.4, -0.2) is 41.4 Å². The van der Waals surface area contributed by atoms with Crippen molar-refractivity contribution in [2.75, 3.05) is 13.2 Å². The van der Waals surface area contributed by atoms with Gasteiger partial charge in [0, 0.05) is 0 Å². The van der Waals surface area contributed by atoms with E-state index < -0.39 is 12.2 Å². The number of unbranched alkanes of at least 4 members (excludes halogenated alkanes) is 11. The molecule has 0 bridgehead atoms. The molecule has 27 heavy (non-hydrogen) atoms. The zero-order valence-electron chi connectivity index (χ0n) is 17.8. The van der Waals surface area contributed by atoms with Gasteiger partial charge in [0.25, 0.3) is 0 Å². The maximum Gasteiger partial charge on any atom is 0.158 e. The SMILES string of the molecule is CCCCCCCC/C=C\CCCCCCCC(OCC(O)CO)C(C)=O. The largest absolute Gasteiger partial charge is 0.394 e. The van der Waals surface area contributed by atoms with Crippen LogP contribution >= 0.6 is 0 Å². The fourth-order valence-electron chi connectivity index (χ4n) is 3.08. The lowest BCUT2D eigenvalue weighted by Gasteiger charge is -2.16. The highest BCUT2D eigenvalue weighted by atomic mass is 16.5. The van der Waals surface area contributed by atoms with Crippen LogP contribution in [0.4, 0.5) is 0 Å². The Bertz CT molecular complexity index is 354. The molecule has 0 aliphatic rings. The summed E-state index contributed by atoms with van der Waals surface area (Å²) in [4.78, 5) is 11.5. The molecule has 0 aliphatic heterocycles. The first kappa shape index (κ1) is 26.3. The molecule has 2 atom stereocenters. The highest BCUT2D eigenvalue weighted by Gasteiger charge is 2.16. The normalized spacial score (nSPS) is 13.9. The second kappa shape index (κ2) is 20.0. The summed E-state index contributed by atoms with van der Waals surface area (Å²) in [5, 5.41) is 18.1. The minimum Gasteiger partial charge on any atom is -0.394 e. The smallest absolute Gasteiger partial charge is 0.158 e. The molecule has 0 radical (unpaired) electrons. The molecule has 0 spiro atoms. The third-order valence-electron chi connectivity index (χ3n) is 4.88. The Balaban J connectivity index is 3.46. The zero-order valence-corrected chi connectivity index (χ0v) is 17.8. The summed E-state index contributed by atoms with van der Waals surface area (Å²) < 4.78 is 5.41. The number of aliphatic hydroxyl groups excluding tert-OH is 2. The molecule has 0 saturated heterocycles. The van der Waals surface area contributed by atoms with Gasteiger partial charge in [0.05, 0.1) is 13.2 Å². The molecule has 4 heteroatoms. The van der Waals surface area contributed by atoms with Crippen molar-refractivity contribution < 1.29 is 19.7 Å². The Morgan fingerprint density at radius 2 is 1.41 bits per heavy atom. The highest BCUT2D eigenvalue weighted by molar-refractivity contribution is 5.80. The van der Waals surface area contributed by atoms with E-state index in [1.165, 1.54) is 77.6 Å². The predicted octanol–water partition coefficient (Wildman–Crippen LogP) is 5.35. The van der Waals surface area contributed by atoms with Crippen molar-refractivity contribution in [1.82, 2.24) is 0 Å². The average molecular weight is 385 g/mol. The molecule has 0 amide bonds. The van der Waals surface area contributed by atoms with E-state index >= 15 is 0 Å². The van der Waals surface area contributed by atoms with Crippen molar-refractivity contribution in [3.05, 3.63) is 12.2 Å².